The van der Waals surface area contributed by atoms with Gasteiger partial charge in [-0.1, -0.05) is 41.9 Å². The summed E-state index contributed by atoms with van der Waals surface area (Å²) in [5.74, 6) is 1.29. The normalized spacial score (nSPS) is 10.8. The number of rotatable bonds is 4. The number of nitrogens with zero attached hydrogens (tertiary/aromatic N) is 2. The highest BCUT2D eigenvalue weighted by Gasteiger charge is 2.06. The maximum absolute atomic E-state index is 4.43. The predicted octanol–water partition coefficient (Wildman–Crippen LogP) is 4.04. The molecule has 0 aliphatic carbocycles. The summed E-state index contributed by atoms with van der Waals surface area (Å²) in [6, 6.07) is 8.23. The van der Waals surface area contributed by atoms with Crippen molar-refractivity contribution < 1.29 is 0 Å². The smallest absolute Gasteiger partial charge is 0.202 e. The van der Waals surface area contributed by atoms with Crippen molar-refractivity contribution in [1.82, 2.24) is 9.36 Å². The van der Waals surface area contributed by atoms with E-state index in [9.17, 15) is 0 Å². The van der Waals surface area contributed by atoms with Crippen molar-refractivity contribution in [3.63, 3.8) is 0 Å². The molecule has 0 fully saturated rings. The molecular formula is C12H14BrN3S. The molecule has 1 heterocycles. The van der Waals surface area contributed by atoms with Gasteiger partial charge in [-0.3, -0.25) is 0 Å². The Morgan fingerprint density at radius 3 is 2.88 bits per heavy atom. The summed E-state index contributed by atoms with van der Waals surface area (Å²) < 4.78 is 5.40. The topological polar surface area (TPSA) is 37.8 Å². The van der Waals surface area contributed by atoms with Gasteiger partial charge in [-0.25, -0.2) is 4.98 Å². The zero-order valence-electron chi connectivity index (χ0n) is 9.77. The quantitative estimate of drug-likeness (QED) is 0.926. The van der Waals surface area contributed by atoms with Crippen LogP contribution in [0.3, 0.4) is 0 Å². The van der Waals surface area contributed by atoms with Crippen molar-refractivity contribution in [1.29, 1.82) is 0 Å². The van der Waals surface area contributed by atoms with E-state index in [2.05, 4.69) is 56.6 Å². The second-order valence-corrected chi connectivity index (χ2v) is 5.76. The van der Waals surface area contributed by atoms with E-state index in [1.54, 1.807) is 0 Å². The van der Waals surface area contributed by atoms with Crippen LogP contribution in [0, 0.1) is 0 Å². The third kappa shape index (κ3) is 3.51. The molecule has 0 saturated carbocycles. The Hall–Kier alpha value is -0.940. The minimum absolute atomic E-state index is 0.382. The summed E-state index contributed by atoms with van der Waals surface area (Å²) in [6.45, 7) is 4.96. The Labute approximate surface area is 114 Å². The van der Waals surface area contributed by atoms with Crippen LogP contribution in [-0.4, -0.2) is 9.36 Å². The molecule has 0 unspecified atom stereocenters. The third-order valence-corrected chi connectivity index (χ3v) is 3.47. The van der Waals surface area contributed by atoms with Crippen LogP contribution in [0.5, 0.6) is 0 Å². The fourth-order valence-electron chi connectivity index (χ4n) is 1.37. The minimum atomic E-state index is 0.382. The van der Waals surface area contributed by atoms with Crippen LogP contribution >= 0.6 is 27.5 Å². The first-order valence-corrected chi connectivity index (χ1v) is 7.03. The summed E-state index contributed by atoms with van der Waals surface area (Å²) >= 11 is 4.88. The number of hydrogen-bond donors (Lipinski definition) is 1. The van der Waals surface area contributed by atoms with Gasteiger partial charge in [-0.15, -0.1) is 0 Å². The second kappa shape index (κ2) is 5.60. The Morgan fingerprint density at radius 1 is 1.41 bits per heavy atom. The van der Waals surface area contributed by atoms with Crippen molar-refractivity contribution >= 4 is 32.6 Å². The van der Waals surface area contributed by atoms with Crippen LogP contribution in [0.15, 0.2) is 28.7 Å². The van der Waals surface area contributed by atoms with Crippen molar-refractivity contribution in [3.05, 3.63) is 40.1 Å². The van der Waals surface area contributed by atoms with Crippen molar-refractivity contribution in [2.24, 2.45) is 0 Å². The SMILES string of the molecule is CC(C)c1nsc(NCc2cccc(Br)c2)n1. The van der Waals surface area contributed by atoms with Gasteiger partial charge < -0.3 is 5.32 Å². The van der Waals surface area contributed by atoms with E-state index in [4.69, 9.17) is 0 Å². The zero-order valence-corrected chi connectivity index (χ0v) is 12.2. The molecule has 0 saturated heterocycles. The molecule has 17 heavy (non-hydrogen) atoms. The van der Waals surface area contributed by atoms with Gasteiger partial charge in [-0.2, -0.15) is 4.37 Å². The van der Waals surface area contributed by atoms with Crippen molar-refractivity contribution in [3.8, 4) is 0 Å². The Balaban J connectivity index is 1.97. The zero-order chi connectivity index (χ0) is 12.3. The maximum atomic E-state index is 4.43. The third-order valence-electron chi connectivity index (χ3n) is 2.29. The first kappa shape index (κ1) is 12.5. The average molecular weight is 312 g/mol. The number of nitrogens with one attached hydrogen (secondary N) is 1. The highest BCUT2D eigenvalue weighted by Crippen LogP contribution is 2.18. The lowest BCUT2D eigenvalue weighted by molar-refractivity contribution is 0.799. The minimum Gasteiger partial charge on any atom is -0.356 e. The van der Waals surface area contributed by atoms with Crippen molar-refractivity contribution in [2.75, 3.05) is 5.32 Å². The summed E-state index contributed by atoms with van der Waals surface area (Å²) in [6.07, 6.45) is 0. The number of halogens is 1. The van der Waals surface area contributed by atoms with Crippen LogP contribution in [0.2, 0.25) is 0 Å². The van der Waals surface area contributed by atoms with Crippen molar-refractivity contribution in [2.45, 2.75) is 26.3 Å². The summed E-state index contributed by atoms with van der Waals surface area (Å²) in [5.41, 5.74) is 1.22. The fourth-order valence-corrected chi connectivity index (χ4v) is 2.52. The predicted molar refractivity (Wildman–Crippen MR) is 75.5 cm³/mol. The molecule has 0 radical (unpaired) electrons. The van der Waals surface area contributed by atoms with Gasteiger partial charge in [0, 0.05) is 28.5 Å². The molecule has 2 rings (SSSR count). The van der Waals surface area contributed by atoms with Crippen LogP contribution in [0.4, 0.5) is 5.13 Å². The fraction of sp³-hybridized carbons (Fsp3) is 0.333. The van der Waals surface area contributed by atoms with Gasteiger partial charge in [-0.05, 0) is 17.7 Å². The van der Waals surface area contributed by atoms with Gasteiger partial charge in [0.2, 0.25) is 5.13 Å². The Kier molecular flexibility index (Phi) is 4.12. The van der Waals surface area contributed by atoms with Gasteiger partial charge in [0.1, 0.15) is 5.82 Å². The van der Waals surface area contributed by atoms with Gasteiger partial charge in [0.05, 0.1) is 0 Å². The van der Waals surface area contributed by atoms with Crippen LogP contribution in [0.25, 0.3) is 0 Å². The first-order chi connectivity index (χ1) is 8.15. The number of benzene rings is 1. The summed E-state index contributed by atoms with van der Waals surface area (Å²) in [5, 5.41) is 4.17. The number of anilines is 1. The van der Waals surface area contributed by atoms with Gasteiger partial charge in [0.15, 0.2) is 0 Å². The van der Waals surface area contributed by atoms with Crippen LogP contribution in [-0.2, 0) is 6.54 Å². The molecule has 2 aromatic rings. The standard InChI is InChI=1S/C12H14BrN3S/c1-8(2)11-15-12(17-16-11)14-7-9-4-3-5-10(13)6-9/h3-6,8H,7H2,1-2H3,(H,14,15,16). The lowest BCUT2D eigenvalue weighted by Crippen LogP contribution is -1.99. The van der Waals surface area contributed by atoms with E-state index in [-0.39, 0.29) is 0 Å². The van der Waals surface area contributed by atoms with E-state index in [1.165, 1.54) is 17.1 Å². The molecule has 0 bridgehead atoms. The molecule has 3 nitrogen and oxygen atoms in total. The Bertz CT molecular complexity index is 496. The van der Waals surface area contributed by atoms with E-state index in [0.717, 1.165) is 22.0 Å². The molecule has 0 atom stereocenters. The van der Waals surface area contributed by atoms with Gasteiger partial charge >= 0.3 is 0 Å². The Morgan fingerprint density at radius 2 is 2.24 bits per heavy atom. The first-order valence-electron chi connectivity index (χ1n) is 5.47. The van der Waals surface area contributed by atoms with E-state index in [1.807, 2.05) is 12.1 Å². The molecule has 5 heteroatoms. The summed E-state index contributed by atoms with van der Waals surface area (Å²) in [7, 11) is 0. The molecule has 1 N–H and O–H groups in total. The molecule has 0 aliphatic heterocycles. The van der Waals surface area contributed by atoms with E-state index in [0.29, 0.717) is 5.92 Å². The maximum Gasteiger partial charge on any atom is 0.202 e. The molecule has 90 valence electrons. The second-order valence-electron chi connectivity index (χ2n) is 4.10. The molecule has 1 aromatic carbocycles. The highest BCUT2D eigenvalue weighted by molar-refractivity contribution is 9.10. The molecular weight excluding hydrogens is 298 g/mol. The molecule has 0 aliphatic rings. The van der Waals surface area contributed by atoms with Crippen LogP contribution < -0.4 is 5.32 Å². The molecule has 1 aromatic heterocycles. The molecule has 0 spiro atoms. The number of aromatic nitrogens is 2. The largest absolute Gasteiger partial charge is 0.356 e. The monoisotopic (exact) mass is 311 g/mol. The van der Waals surface area contributed by atoms with Crippen LogP contribution in [0.1, 0.15) is 31.2 Å². The lowest BCUT2D eigenvalue weighted by atomic mass is 10.2. The molecule has 0 amide bonds. The highest BCUT2D eigenvalue weighted by atomic mass is 79.9. The number of hydrogen-bond acceptors (Lipinski definition) is 4. The van der Waals surface area contributed by atoms with Gasteiger partial charge in [0.25, 0.3) is 0 Å². The lowest BCUT2D eigenvalue weighted by Gasteiger charge is -2.02. The van der Waals surface area contributed by atoms with E-state index >= 15 is 0 Å². The average Bonchev–Trinajstić information content (AvgIpc) is 2.75. The van der Waals surface area contributed by atoms with E-state index < -0.39 is 0 Å². The summed E-state index contributed by atoms with van der Waals surface area (Å²) in [4.78, 5) is 4.43.